The molecular weight excluding hydrogens is 372 g/mol. The Kier molecular flexibility index (Phi) is 6.13. The van der Waals surface area contributed by atoms with Crippen LogP contribution < -0.4 is 15.4 Å². The molecule has 2 aromatic heterocycles. The summed E-state index contributed by atoms with van der Waals surface area (Å²) in [5.74, 6) is 1.43. The second-order valence-corrected chi connectivity index (χ2v) is 7.85. The fourth-order valence-electron chi connectivity index (χ4n) is 2.04. The number of carbonyl (C=O) groups excluding carboxylic acids is 1. The van der Waals surface area contributed by atoms with Crippen LogP contribution in [0.4, 0.5) is 10.8 Å². The van der Waals surface area contributed by atoms with Gasteiger partial charge in [0.2, 0.25) is 11.0 Å². The van der Waals surface area contributed by atoms with Gasteiger partial charge < -0.3 is 19.8 Å². The molecule has 0 aliphatic heterocycles. The van der Waals surface area contributed by atoms with Crippen molar-refractivity contribution in [3.05, 3.63) is 48.4 Å². The number of amides is 1. The zero-order valence-electron chi connectivity index (χ0n) is 14.3. The molecule has 1 amide bonds. The molecule has 0 saturated heterocycles. The lowest BCUT2D eigenvalue weighted by Gasteiger charge is -2.08. The monoisotopic (exact) mass is 390 g/mol. The number of rotatable bonds is 8. The van der Waals surface area contributed by atoms with Crippen LogP contribution in [0.15, 0.2) is 51.4 Å². The topological polar surface area (TPSA) is 89.3 Å². The van der Waals surface area contributed by atoms with E-state index in [0.29, 0.717) is 11.7 Å². The van der Waals surface area contributed by atoms with Crippen molar-refractivity contribution in [1.29, 1.82) is 0 Å². The predicted molar refractivity (Wildman–Crippen MR) is 102 cm³/mol. The third kappa shape index (κ3) is 4.99. The molecule has 1 aromatic carbocycles. The molecule has 3 aromatic rings. The fourth-order valence-corrected chi connectivity index (χ4v) is 3.98. The third-order valence-corrected chi connectivity index (χ3v) is 5.43. The van der Waals surface area contributed by atoms with Gasteiger partial charge in [-0.1, -0.05) is 23.1 Å². The molecule has 26 heavy (non-hydrogen) atoms. The summed E-state index contributed by atoms with van der Waals surface area (Å²) in [5.41, 5.74) is 0.891. The highest BCUT2D eigenvalue weighted by Crippen LogP contribution is 2.30. The zero-order chi connectivity index (χ0) is 18.4. The molecule has 0 aliphatic rings. The van der Waals surface area contributed by atoms with Crippen LogP contribution in [0.2, 0.25) is 0 Å². The van der Waals surface area contributed by atoms with Crippen LogP contribution in [0.3, 0.4) is 0 Å². The van der Waals surface area contributed by atoms with Gasteiger partial charge in [-0.15, -0.1) is 10.2 Å². The molecular formula is C17H18N4O3S2. The number of hydrogen-bond acceptors (Lipinski definition) is 8. The van der Waals surface area contributed by atoms with E-state index in [9.17, 15) is 4.79 Å². The lowest BCUT2D eigenvalue weighted by atomic mass is 10.3. The van der Waals surface area contributed by atoms with Crippen LogP contribution in [0.25, 0.3) is 0 Å². The highest BCUT2D eigenvalue weighted by molar-refractivity contribution is 8.02. The first kappa shape index (κ1) is 18.3. The van der Waals surface area contributed by atoms with Crippen LogP contribution in [0, 0.1) is 0 Å². The number of furan rings is 1. The van der Waals surface area contributed by atoms with Gasteiger partial charge in [-0.05, 0) is 43.3 Å². The number of ether oxygens (including phenoxy) is 1. The fraction of sp³-hybridized carbons (Fsp3) is 0.235. The number of carbonyl (C=O) groups is 1. The Morgan fingerprint density at radius 3 is 2.81 bits per heavy atom. The summed E-state index contributed by atoms with van der Waals surface area (Å²) in [6.07, 6.45) is 1.58. The Hall–Kier alpha value is -2.52. The van der Waals surface area contributed by atoms with Crippen LogP contribution >= 0.6 is 23.1 Å². The van der Waals surface area contributed by atoms with Gasteiger partial charge in [0.15, 0.2) is 4.34 Å². The van der Waals surface area contributed by atoms with Gasteiger partial charge in [0.25, 0.3) is 0 Å². The summed E-state index contributed by atoms with van der Waals surface area (Å²) in [6.45, 7) is 2.21. The molecule has 136 valence electrons. The Morgan fingerprint density at radius 1 is 1.31 bits per heavy atom. The van der Waals surface area contributed by atoms with E-state index in [2.05, 4.69) is 20.8 Å². The molecule has 2 N–H and O–H groups in total. The Morgan fingerprint density at radius 2 is 2.12 bits per heavy atom. The molecule has 3 rings (SSSR count). The minimum absolute atomic E-state index is 0.0775. The van der Waals surface area contributed by atoms with E-state index in [1.54, 1.807) is 19.4 Å². The summed E-state index contributed by atoms with van der Waals surface area (Å²) in [6, 6.07) is 11.1. The number of thioether (sulfide) groups is 1. The van der Waals surface area contributed by atoms with Gasteiger partial charge in [-0.3, -0.25) is 4.79 Å². The van der Waals surface area contributed by atoms with Gasteiger partial charge in [0.1, 0.15) is 11.5 Å². The van der Waals surface area contributed by atoms with Crippen LogP contribution in [-0.2, 0) is 11.3 Å². The van der Waals surface area contributed by atoms with Crippen molar-refractivity contribution < 1.29 is 13.9 Å². The van der Waals surface area contributed by atoms with Gasteiger partial charge >= 0.3 is 0 Å². The number of aromatic nitrogens is 2. The minimum atomic E-state index is -0.285. The summed E-state index contributed by atoms with van der Waals surface area (Å²) in [7, 11) is 1.63. The van der Waals surface area contributed by atoms with Crippen molar-refractivity contribution in [2.45, 2.75) is 23.1 Å². The largest absolute Gasteiger partial charge is 0.497 e. The second kappa shape index (κ2) is 8.72. The Balaban J connectivity index is 1.51. The van der Waals surface area contributed by atoms with Crippen molar-refractivity contribution in [1.82, 2.24) is 15.5 Å². The molecule has 0 unspecified atom stereocenters. The molecule has 0 bridgehead atoms. The first-order valence-corrected chi connectivity index (χ1v) is 9.55. The molecule has 2 heterocycles. The number of anilines is 2. The number of methoxy groups -OCH3 is 1. The highest BCUT2D eigenvalue weighted by Gasteiger charge is 2.17. The Labute approximate surface area is 159 Å². The van der Waals surface area contributed by atoms with Crippen LogP contribution in [0.5, 0.6) is 5.75 Å². The normalized spacial score (nSPS) is 11.8. The molecule has 0 radical (unpaired) electrons. The lowest BCUT2D eigenvalue weighted by molar-refractivity contribution is -0.120. The number of hydrogen-bond donors (Lipinski definition) is 2. The third-order valence-electron chi connectivity index (χ3n) is 3.41. The van der Waals surface area contributed by atoms with Gasteiger partial charge in [0.05, 0.1) is 25.2 Å². The maximum atomic E-state index is 12.2. The first-order chi connectivity index (χ1) is 12.6. The van der Waals surface area contributed by atoms with E-state index in [4.69, 9.17) is 9.15 Å². The van der Waals surface area contributed by atoms with Crippen LogP contribution in [-0.4, -0.2) is 28.5 Å². The molecule has 9 heteroatoms. The lowest BCUT2D eigenvalue weighted by Crippen LogP contribution is -2.30. The molecule has 1 atom stereocenters. The highest BCUT2D eigenvalue weighted by atomic mass is 32.2. The predicted octanol–water partition coefficient (Wildman–Crippen LogP) is 3.68. The summed E-state index contributed by atoms with van der Waals surface area (Å²) < 4.78 is 11.1. The van der Waals surface area contributed by atoms with Crippen molar-refractivity contribution in [2.75, 3.05) is 12.4 Å². The summed E-state index contributed by atoms with van der Waals surface area (Å²) in [5, 5.41) is 14.6. The maximum Gasteiger partial charge on any atom is 0.233 e. The number of nitrogens with one attached hydrogen (secondary N) is 2. The quantitative estimate of drug-likeness (QED) is 0.567. The first-order valence-electron chi connectivity index (χ1n) is 7.85. The van der Waals surface area contributed by atoms with Gasteiger partial charge in [0, 0.05) is 5.69 Å². The molecule has 0 spiro atoms. The van der Waals surface area contributed by atoms with E-state index < -0.39 is 0 Å². The average molecular weight is 390 g/mol. The second-order valence-electron chi connectivity index (χ2n) is 5.28. The maximum absolute atomic E-state index is 12.2. The van der Waals surface area contributed by atoms with Crippen molar-refractivity contribution in [3.8, 4) is 5.75 Å². The van der Waals surface area contributed by atoms with E-state index in [1.807, 2.05) is 37.3 Å². The van der Waals surface area contributed by atoms with E-state index in [1.165, 1.54) is 23.1 Å². The van der Waals surface area contributed by atoms with E-state index >= 15 is 0 Å². The van der Waals surface area contributed by atoms with E-state index in [0.717, 1.165) is 21.5 Å². The van der Waals surface area contributed by atoms with Crippen molar-refractivity contribution >= 4 is 39.8 Å². The van der Waals surface area contributed by atoms with Crippen molar-refractivity contribution in [3.63, 3.8) is 0 Å². The zero-order valence-corrected chi connectivity index (χ0v) is 15.9. The summed E-state index contributed by atoms with van der Waals surface area (Å²) >= 11 is 2.77. The Bertz CT molecular complexity index is 834. The van der Waals surface area contributed by atoms with Gasteiger partial charge in [-0.2, -0.15) is 0 Å². The smallest absolute Gasteiger partial charge is 0.233 e. The van der Waals surface area contributed by atoms with Crippen molar-refractivity contribution in [2.24, 2.45) is 0 Å². The van der Waals surface area contributed by atoms with Gasteiger partial charge in [-0.25, -0.2) is 0 Å². The average Bonchev–Trinajstić information content (AvgIpc) is 3.32. The minimum Gasteiger partial charge on any atom is -0.497 e. The number of benzene rings is 1. The summed E-state index contributed by atoms with van der Waals surface area (Å²) in [4.78, 5) is 12.2. The molecule has 0 aliphatic carbocycles. The number of nitrogens with zero attached hydrogens (tertiary/aromatic N) is 2. The molecule has 7 nitrogen and oxygen atoms in total. The van der Waals surface area contributed by atoms with E-state index in [-0.39, 0.29) is 11.2 Å². The standard InChI is InChI=1S/C17H18N4O3S2/c1-11(15(22)18-10-14-4-3-9-24-14)25-17-21-20-16(26-17)19-12-5-7-13(23-2)8-6-12/h3-9,11H,10H2,1-2H3,(H,18,22)(H,19,20)/t11-/m1/s1. The molecule has 0 fully saturated rings. The molecule has 0 saturated carbocycles. The SMILES string of the molecule is COc1ccc(Nc2nnc(S[C@H](C)C(=O)NCc3ccco3)s2)cc1. The van der Waals surface area contributed by atoms with Crippen LogP contribution in [0.1, 0.15) is 12.7 Å².